The molecular formula is C20H22O5. The van der Waals surface area contributed by atoms with Crippen molar-refractivity contribution in [3.8, 4) is 17.2 Å². The van der Waals surface area contributed by atoms with Crippen LogP contribution in [0.2, 0.25) is 0 Å². The van der Waals surface area contributed by atoms with Crippen molar-refractivity contribution in [1.29, 1.82) is 0 Å². The highest BCUT2D eigenvalue weighted by atomic mass is 16.6. The van der Waals surface area contributed by atoms with Crippen molar-refractivity contribution < 1.29 is 23.7 Å². The Balaban J connectivity index is 1.75. The second-order valence-electron chi connectivity index (χ2n) is 5.73. The third-order valence-electron chi connectivity index (χ3n) is 3.84. The minimum Gasteiger partial charge on any atom is -0.489 e. The average Bonchev–Trinajstić information content (AvgIpc) is 2.65. The summed E-state index contributed by atoms with van der Waals surface area (Å²) in [5.41, 5.74) is 2.11. The molecular weight excluding hydrogens is 320 g/mol. The van der Waals surface area contributed by atoms with E-state index in [1.54, 1.807) is 13.0 Å². The van der Waals surface area contributed by atoms with E-state index >= 15 is 0 Å². The van der Waals surface area contributed by atoms with Gasteiger partial charge in [0, 0.05) is 11.6 Å². The third-order valence-corrected chi connectivity index (χ3v) is 3.84. The van der Waals surface area contributed by atoms with E-state index in [1.807, 2.05) is 36.4 Å². The summed E-state index contributed by atoms with van der Waals surface area (Å²) in [6.07, 6.45) is 1.85. The minimum atomic E-state index is -0.386. The van der Waals surface area contributed by atoms with E-state index in [4.69, 9.17) is 18.9 Å². The first-order valence-corrected chi connectivity index (χ1v) is 8.51. The normalized spacial score (nSPS) is 12.7. The monoisotopic (exact) mass is 342 g/mol. The zero-order chi connectivity index (χ0) is 17.5. The molecule has 0 unspecified atom stereocenters. The first-order chi connectivity index (χ1) is 12.3. The van der Waals surface area contributed by atoms with E-state index in [0.717, 1.165) is 29.7 Å². The number of esters is 1. The molecule has 132 valence electrons. The number of ether oxygens (including phenoxy) is 4. The Morgan fingerprint density at radius 3 is 2.80 bits per heavy atom. The Kier molecular flexibility index (Phi) is 5.77. The summed E-state index contributed by atoms with van der Waals surface area (Å²) in [6.45, 7) is 3.11. The quantitative estimate of drug-likeness (QED) is 0.721. The van der Waals surface area contributed by atoms with Crippen molar-refractivity contribution in [2.24, 2.45) is 0 Å². The molecule has 0 bridgehead atoms. The van der Waals surface area contributed by atoms with Crippen LogP contribution >= 0.6 is 0 Å². The van der Waals surface area contributed by atoms with Crippen molar-refractivity contribution in [3.05, 3.63) is 53.6 Å². The van der Waals surface area contributed by atoms with Gasteiger partial charge in [-0.2, -0.15) is 0 Å². The molecule has 3 rings (SSSR count). The third kappa shape index (κ3) is 4.66. The van der Waals surface area contributed by atoms with Gasteiger partial charge in [0.2, 0.25) is 0 Å². The molecule has 0 saturated carbocycles. The number of carbonyl (C=O) groups excluding carboxylic acids is 1. The number of carbonyl (C=O) groups is 1. The summed E-state index contributed by atoms with van der Waals surface area (Å²) in [6, 6.07) is 13.6. The maximum absolute atomic E-state index is 11.5. The minimum absolute atomic E-state index is 0.119. The Labute approximate surface area is 147 Å². The van der Waals surface area contributed by atoms with Crippen LogP contribution in [0.5, 0.6) is 17.2 Å². The lowest BCUT2D eigenvalue weighted by Crippen LogP contribution is -2.15. The summed E-state index contributed by atoms with van der Waals surface area (Å²) in [5.74, 6) is 1.61. The first-order valence-electron chi connectivity index (χ1n) is 8.51. The number of hydrogen-bond donors (Lipinski definition) is 0. The zero-order valence-corrected chi connectivity index (χ0v) is 14.3. The van der Waals surface area contributed by atoms with Gasteiger partial charge >= 0.3 is 5.97 Å². The van der Waals surface area contributed by atoms with Crippen LogP contribution in [0.3, 0.4) is 0 Å². The van der Waals surface area contributed by atoms with E-state index in [1.165, 1.54) is 0 Å². The summed E-state index contributed by atoms with van der Waals surface area (Å²) < 4.78 is 22.2. The average molecular weight is 342 g/mol. The van der Waals surface area contributed by atoms with Crippen LogP contribution in [0, 0.1) is 0 Å². The van der Waals surface area contributed by atoms with Gasteiger partial charge in [-0.1, -0.05) is 30.3 Å². The fraction of sp³-hybridized carbons (Fsp3) is 0.350. The lowest BCUT2D eigenvalue weighted by Gasteiger charge is -2.21. The molecule has 0 saturated heterocycles. The molecule has 0 N–H and O–H groups in total. The SMILES string of the molecule is CCOC(=O)COc1cc2c(c(OCc3ccccc3)c1)OCCC2. The van der Waals surface area contributed by atoms with E-state index in [-0.39, 0.29) is 12.6 Å². The molecule has 1 heterocycles. The van der Waals surface area contributed by atoms with Crippen molar-refractivity contribution in [1.82, 2.24) is 0 Å². The van der Waals surface area contributed by atoms with Crippen molar-refractivity contribution in [3.63, 3.8) is 0 Å². The molecule has 1 aliphatic rings. The Bertz CT molecular complexity index is 712. The predicted molar refractivity (Wildman–Crippen MR) is 93.2 cm³/mol. The van der Waals surface area contributed by atoms with Crippen LogP contribution in [0.1, 0.15) is 24.5 Å². The number of hydrogen-bond acceptors (Lipinski definition) is 5. The van der Waals surface area contributed by atoms with Gasteiger partial charge in [-0.05, 0) is 31.4 Å². The molecule has 0 aliphatic carbocycles. The topological polar surface area (TPSA) is 54.0 Å². The predicted octanol–water partition coefficient (Wildman–Crippen LogP) is 3.53. The van der Waals surface area contributed by atoms with Crippen LogP contribution < -0.4 is 14.2 Å². The van der Waals surface area contributed by atoms with E-state index in [2.05, 4.69) is 0 Å². The molecule has 5 heteroatoms. The van der Waals surface area contributed by atoms with Gasteiger partial charge < -0.3 is 18.9 Å². The number of aryl methyl sites for hydroxylation is 1. The second kappa shape index (κ2) is 8.42. The Morgan fingerprint density at radius 2 is 2.00 bits per heavy atom. The van der Waals surface area contributed by atoms with Gasteiger partial charge in [-0.3, -0.25) is 0 Å². The standard InChI is InChI=1S/C20H22O5/c1-2-22-19(21)14-24-17-11-16-9-6-10-23-20(16)18(12-17)25-13-15-7-4-3-5-8-15/h3-5,7-8,11-12H,2,6,9-10,13-14H2,1H3. The summed E-state index contributed by atoms with van der Waals surface area (Å²) in [5, 5.41) is 0. The molecule has 1 aliphatic heterocycles. The van der Waals surface area contributed by atoms with Crippen molar-refractivity contribution >= 4 is 5.97 Å². The largest absolute Gasteiger partial charge is 0.489 e. The van der Waals surface area contributed by atoms with Crippen LogP contribution in [-0.4, -0.2) is 25.8 Å². The van der Waals surface area contributed by atoms with Crippen LogP contribution in [0.25, 0.3) is 0 Å². The highest BCUT2D eigenvalue weighted by molar-refractivity contribution is 5.71. The fourth-order valence-corrected chi connectivity index (χ4v) is 2.69. The molecule has 25 heavy (non-hydrogen) atoms. The fourth-order valence-electron chi connectivity index (χ4n) is 2.69. The lowest BCUT2D eigenvalue weighted by atomic mass is 10.1. The summed E-state index contributed by atoms with van der Waals surface area (Å²) >= 11 is 0. The molecule has 0 amide bonds. The van der Waals surface area contributed by atoms with Gasteiger partial charge in [-0.25, -0.2) is 4.79 Å². The van der Waals surface area contributed by atoms with Crippen LogP contribution in [0.15, 0.2) is 42.5 Å². The highest BCUT2D eigenvalue weighted by Gasteiger charge is 2.19. The Hall–Kier alpha value is -2.69. The molecule has 0 aromatic heterocycles. The molecule has 0 atom stereocenters. The summed E-state index contributed by atoms with van der Waals surface area (Å²) in [7, 11) is 0. The summed E-state index contributed by atoms with van der Waals surface area (Å²) in [4.78, 5) is 11.5. The number of fused-ring (bicyclic) bond motifs is 1. The van der Waals surface area contributed by atoms with Gasteiger partial charge in [-0.15, -0.1) is 0 Å². The lowest BCUT2D eigenvalue weighted by molar-refractivity contribution is -0.145. The Morgan fingerprint density at radius 1 is 1.16 bits per heavy atom. The molecule has 0 radical (unpaired) electrons. The van der Waals surface area contributed by atoms with E-state index < -0.39 is 0 Å². The van der Waals surface area contributed by atoms with E-state index in [0.29, 0.717) is 31.3 Å². The van der Waals surface area contributed by atoms with E-state index in [9.17, 15) is 4.79 Å². The van der Waals surface area contributed by atoms with Gasteiger partial charge in [0.15, 0.2) is 18.1 Å². The maximum atomic E-state index is 11.5. The molecule has 5 nitrogen and oxygen atoms in total. The smallest absolute Gasteiger partial charge is 0.344 e. The van der Waals surface area contributed by atoms with Crippen molar-refractivity contribution in [2.45, 2.75) is 26.4 Å². The van der Waals surface area contributed by atoms with Gasteiger partial charge in [0.05, 0.1) is 13.2 Å². The highest BCUT2D eigenvalue weighted by Crippen LogP contribution is 2.39. The molecule has 0 fully saturated rings. The maximum Gasteiger partial charge on any atom is 0.344 e. The van der Waals surface area contributed by atoms with Crippen molar-refractivity contribution in [2.75, 3.05) is 19.8 Å². The molecule has 2 aromatic carbocycles. The molecule has 0 spiro atoms. The number of benzene rings is 2. The number of rotatable bonds is 7. The molecule has 2 aromatic rings. The van der Waals surface area contributed by atoms with Crippen LogP contribution in [-0.2, 0) is 22.6 Å². The van der Waals surface area contributed by atoms with Crippen LogP contribution in [0.4, 0.5) is 0 Å². The van der Waals surface area contributed by atoms with Gasteiger partial charge in [0.25, 0.3) is 0 Å². The zero-order valence-electron chi connectivity index (χ0n) is 14.3. The van der Waals surface area contributed by atoms with Gasteiger partial charge in [0.1, 0.15) is 12.4 Å². The first kappa shape index (κ1) is 17.1. The second-order valence-corrected chi connectivity index (χ2v) is 5.73.